The molecule has 1 rings (SSSR count). The molecule has 0 fully saturated rings. The fourth-order valence-corrected chi connectivity index (χ4v) is 1.74. The number of Topliss-reactive ketones (excluding diaryl/α,β-unsaturated/α-hetero) is 1. The van der Waals surface area contributed by atoms with E-state index in [0.29, 0.717) is 16.7 Å². The second kappa shape index (κ2) is 6.03. The van der Waals surface area contributed by atoms with Gasteiger partial charge in [-0.15, -0.1) is 23.2 Å². The van der Waals surface area contributed by atoms with Gasteiger partial charge < -0.3 is 4.74 Å². The molecule has 0 aliphatic rings. The van der Waals surface area contributed by atoms with E-state index in [2.05, 4.69) is 4.74 Å². The van der Waals surface area contributed by atoms with Crippen LogP contribution in [0.4, 0.5) is 0 Å². The molecule has 0 spiro atoms. The van der Waals surface area contributed by atoms with Crippen molar-refractivity contribution in [3.8, 4) is 0 Å². The van der Waals surface area contributed by atoms with E-state index < -0.39 is 11.3 Å². The van der Waals surface area contributed by atoms with E-state index >= 15 is 0 Å². The number of carbonyl (C=O) groups is 2. The molecule has 0 amide bonds. The Morgan fingerprint density at radius 3 is 2.53 bits per heavy atom. The van der Waals surface area contributed by atoms with Gasteiger partial charge in [0.05, 0.1) is 18.1 Å². The molecular formula is C12H12Cl2O3. The number of halogens is 2. The quantitative estimate of drug-likeness (QED) is 0.482. The van der Waals surface area contributed by atoms with Crippen LogP contribution in [0.3, 0.4) is 0 Å². The fraction of sp³-hybridized carbons (Fsp3) is 0.333. The van der Waals surface area contributed by atoms with Gasteiger partial charge in [0.15, 0.2) is 5.78 Å². The van der Waals surface area contributed by atoms with Crippen molar-refractivity contribution in [3.05, 3.63) is 34.9 Å². The van der Waals surface area contributed by atoms with Crippen LogP contribution in [-0.4, -0.2) is 24.2 Å². The maximum atomic E-state index is 11.7. The van der Waals surface area contributed by atoms with Gasteiger partial charge in [0.25, 0.3) is 0 Å². The maximum absolute atomic E-state index is 11.7. The van der Waals surface area contributed by atoms with Crippen molar-refractivity contribution in [2.45, 2.75) is 18.2 Å². The molecule has 0 saturated carbocycles. The lowest BCUT2D eigenvalue weighted by molar-refractivity contribution is 0.0599. The SMILES string of the molecule is COC(=O)c1ccc(C(=O)C(C)Cl)cc1CCl. The van der Waals surface area contributed by atoms with Crippen LogP contribution in [0.5, 0.6) is 0 Å². The van der Waals surface area contributed by atoms with Gasteiger partial charge in [-0.05, 0) is 24.6 Å². The number of rotatable bonds is 4. The molecule has 3 nitrogen and oxygen atoms in total. The standard InChI is InChI=1S/C12H12Cl2O3/c1-7(14)11(15)8-3-4-10(12(16)17-2)9(5-8)6-13/h3-5,7H,6H2,1-2H3. The average molecular weight is 275 g/mol. The summed E-state index contributed by atoms with van der Waals surface area (Å²) in [6.45, 7) is 1.60. The molecule has 0 aliphatic carbocycles. The van der Waals surface area contributed by atoms with E-state index in [1.165, 1.54) is 13.2 Å². The predicted molar refractivity (Wildman–Crippen MR) is 67.0 cm³/mol. The molecule has 0 bridgehead atoms. The van der Waals surface area contributed by atoms with Gasteiger partial charge in [-0.1, -0.05) is 6.07 Å². The number of methoxy groups -OCH3 is 1. The minimum Gasteiger partial charge on any atom is -0.465 e. The van der Waals surface area contributed by atoms with Gasteiger partial charge in [-0.3, -0.25) is 4.79 Å². The number of benzene rings is 1. The van der Waals surface area contributed by atoms with Gasteiger partial charge >= 0.3 is 5.97 Å². The Hall–Kier alpha value is -1.06. The summed E-state index contributed by atoms with van der Waals surface area (Å²) in [5.41, 5.74) is 1.36. The molecule has 1 aromatic carbocycles. The largest absolute Gasteiger partial charge is 0.465 e. The summed E-state index contributed by atoms with van der Waals surface area (Å²) in [6.07, 6.45) is 0. The lowest BCUT2D eigenvalue weighted by Crippen LogP contribution is -2.12. The van der Waals surface area contributed by atoms with Crippen LogP contribution in [-0.2, 0) is 10.6 Å². The first-order valence-electron chi connectivity index (χ1n) is 4.96. The highest BCUT2D eigenvalue weighted by atomic mass is 35.5. The molecule has 17 heavy (non-hydrogen) atoms. The van der Waals surface area contributed by atoms with Crippen LogP contribution in [0.15, 0.2) is 18.2 Å². The first-order chi connectivity index (χ1) is 8.01. The zero-order chi connectivity index (χ0) is 13.0. The van der Waals surface area contributed by atoms with E-state index in [-0.39, 0.29) is 11.7 Å². The number of carbonyl (C=O) groups excluding carboxylic acids is 2. The minimum absolute atomic E-state index is 0.127. The summed E-state index contributed by atoms with van der Waals surface area (Å²) in [5.74, 6) is -0.546. The molecule has 5 heteroatoms. The zero-order valence-electron chi connectivity index (χ0n) is 9.50. The van der Waals surface area contributed by atoms with Gasteiger partial charge in [0, 0.05) is 11.4 Å². The molecular weight excluding hydrogens is 263 g/mol. The lowest BCUT2D eigenvalue weighted by Gasteiger charge is -2.08. The van der Waals surface area contributed by atoms with Gasteiger partial charge in [-0.2, -0.15) is 0 Å². The number of ether oxygens (including phenoxy) is 1. The minimum atomic E-state index is -0.609. The van der Waals surface area contributed by atoms with Crippen LogP contribution >= 0.6 is 23.2 Å². The Morgan fingerprint density at radius 2 is 2.06 bits per heavy atom. The van der Waals surface area contributed by atoms with Crippen LogP contribution in [0.1, 0.15) is 33.2 Å². The smallest absolute Gasteiger partial charge is 0.338 e. The summed E-state index contributed by atoms with van der Waals surface area (Å²) in [7, 11) is 1.29. The van der Waals surface area contributed by atoms with Crippen molar-refractivity contribution >= 4 is 35.0 Å². The lowest BCUT2D eigenvalue weighted by atomic mass is 10.0. The first kappa shape index (κ1) is 14.0. The summed E-state index contributed by atoms with van der Waals surface area (Å²) >= 11 is 11.5. The molecule has 0 saturated heterocycles. The second-order valence-corrected chi connectivity index (χ2v) is 4.40. The molecule has 1 aromatic rings. The van der Waals surface area contributed by atoms with Crippen LogP contribution in [0, 0.1) is 0 Å². The fourth-order valence-electron chi connectivity index (χ4n) is 1.40. The average Bonchev–Trinajstić information content (AvgIpc) is 2.35. The highest BCUT2D eigenvalue weighted by molar-refractivity contribution is 6.33. The van der Waals surface area contributed by atoms with Gasteiger partial charge in [-0.25, -0.2) is 4.79 Å². The molecule has 0 radical (unpaired) electrons. The maximum Gasteiger partial charge on any atom is 0.338 e. The van der Waals surface area contributed by atoms with Crippen molar-refractivity contribution in [3.63, 3.8) is 0 Å². The number of esters is 1. The van der Waals surface area contributed by atoms with Crippen molar-refractivity contribution in [2.75, 3.05) is 7.11 Å². The third-order valence-corrected chi connectivity index (χ3v) is 2.79. The number of hydrogen-bond acceptors (Lipinski definition) is 3. The summed E-state index contributed by atoms with van der Waals surface area (Å²) < 4.78 is 4.62. The Bertz CT molecular complexity index is 441. The van der Waals surface area contributed by atoms with Crippen molar-refractivity contribution in [1.29, 1.82) is 0 Å². The Balaban J connectivity index is 3.17. The second-order valence-electron chi connectivity index (χ2n) is 3.48. The Kier molecular flexibility index (Phi) is 4.97. The van der Waals surface area contributed by atoms with Gasteiger partial charge in [0.1, 0.15) is 0 Å². The molecule has 1 atom stereocenters. The predicted octanol–water partition coefficient (Wildman–Crippen LogP) is 3.02. The number of alkyl halides is 2. The van der Waals surface area contributed by atoms with Crippen molar-refractivity contribution in [2.24, 2.45) is 0 Å². The third kappa shape index (κ3) is 3.20. The van der Waals surface area contributed by atoms with Crippen LogP contribution in [0.2, 0.25) is 0 Å². The monoisotopic (exact) mass is 274 g/mol. The van der Waals surface area contributed by atoms with Crippen LogP contribution < -0.4 is 0 Å². The third-order valence-electron chi connectivity index (χ3n) is 2.30. The number of hydrogen-bond donors (Lipinski definition) is 0. The Morgan fingerprint density at radius 1 is 1.41 bits per heavy atom. The van der Waals surface area contributed by atoms with Crippen molar-refractivity contribution in [1.82, 2.24) is 0 Å². The number of ketones is 1. The topological polar surface area (TPSA) is 43.4 Å². The molecule has 0 heterocycles. The molecule has 92 valence electrons. The van der Waals surface area contributed by atoms with E-state index in [0.717, 1.165) is 0 Å². The van der Waals surface area contributed by atoms with E-state index in [1.54, 1.807) is 19.1 Å². The molecule has 0 aromatic heterocycles. The summed E-state index contributed by atoms with van der Waals surface area (Å²) in [4.78, 5) is 23.1. The van der Waals surface area contributed by atoms with E-state index in [1.807, 2.05) is 0 Å². The summed E-state index contributed by atoms with van der Waals surface area (Å²) in [5, 5.41) is -0.609. The normalized spacial score (nSPS) is 12.0. The van der Waals surface area contributed by atoms with Crippen molar-refractivity contribution < 1.29 is 14.3 Å². The Labute approximate surface area is 110 Å². The highest BCUT2D eigenvalue weighted by Crippen LogP contribution is 2.18. The van der Waals surface area contributed by atoms with E-state index in [9.17, 15) is 9.59 Å². The first-order valence-corrected chi connectivity index (χ1v) is 5.93. The zero-order valence-corrected chi connectivity index (χ0v) is 11.0. The molecule has 1 unspecified atom stereocenters. The molecule has 0 aliphatic heterocycles. The molecule has 0 N–H and O–H groups in total. The van der Waals surface area contributed by atoms with Crippen LogP contribution in [0.25, 0.3) is 0 Å². The highest BCUT2D eigenvalue weighted by Gasteiger charge is 2.17. The van der Waals surface area contributed by atoms with Gasteiger partial charge in [0.2, 0.25) is 0 Å². The summed E-state index contributed by atoms with van der Waals surface area (Å²) in [6, 6.07) is 4.64. The van der Waals surface area contributed by atoms with E-state index in [4.69, 9.17) is 23.2 Å².